The molecule has 10 heteroatoms. The standard InChI is InChI=1S/C18H21ClN4O3S2/c1-12-3-7-14(11-16(12)19)21-18(27)23-22-17(24)10-6-13-4-8-15(9-5-13)28(25,26)20-2/h3-5,7-9,11,20H,6,10H2,1-2H3,(H,22,24)(H2,21,23,27). The highest BCUT2D eigenvalue weighted by molar-refractivity contribution is 7.89. The summed E-state index contributed by atoms with van der Waals surface area (Å²) in [6.07, 6.45) is 0.672. The summed E-state index contributed by atoms with van der Waals surface area (Å²) in [5.41, 5.74) is 7.65. The highest BCUT2D eigenvalue weighted by Gasteiger charge is 2.11. The maximum absolute atomic E-state index is 12.0. The van der Waals surface area contributed by atoms with Gasteiger partial charge in [0, 0.05) is 17.1 Å². The lowest BCUT2D eigenvalue weighted by Crippen LogP contribution is -2.43. The van der Waals surface area contributed by atoms with Crippen molar-refractivity contribution >= 4 is 50.5 Å². The SMILES string of the molecule is CNS(=O)(=O)c1ccc(CCC(=O)NNC(=S)Nc2ccc(C)c(Cl)c2)cc1. The van der Waals surface area contributed by atoms with Crippen LogP contribution in [0.15, 0.2) is 47.4 Å². The zero-order valence-electron chi connectivity index (χ0n) is 15.4. The second-order valence-corrected chi connectivity index (χ2v) is 8.64. The fourth-order valence-electron chi connectivity index (χ4n) is 2.23. The van der Waals surface area contributed by atoms with Gasteiger partial charge in [-0.15, -0.1) is 0 Å². The molecule has 2 rings (SSSR count). The van der Waals surface area contributed by atoms with Crippen molar-refractivity contribution < 1.29 is 13.2 Å². The van der Waals surface area contributed by atoms with E-state index in [1.807, 2.05) is 19.1 Å². The second-order valence-electron chi connectivity index (χ2n) is 5.94. The van der Waals surface area contributed by atoms with Gasteiger partial charge in [0.1, 0.15) is 0 Å². The Morgan fingerprint density at radius 2 is 1.79 bits per heavy atom. The van der Waals surface area contributed by atoms with Gasteiger partial charge in [-0.2, -0.15) is 0 Å². The van der Waals surface area contributed by atoms with Crippen LogP contribution in [0.3, 0.4) is 0 Å². The Morgan fingerprint density at radius 3 is 2.39 bits per heavy atom. The number of anilines is 1. The van der Waals surface area contributed by atoms with Gasteiger partial charge in [0.2, 0.25) is 15.9 Å². The van der Waals surface area contributed by atoms with E-state index in [9.17, 15) is 13.2 Å². The zero-order valence-corrected chi connectivity index (χ0v) is 17.8. The third-order valence-corrected chi connectivity index (χ3v) is 5.93. The molecule has 0 fully saturated rings. The summed E-state index contributed by atoms with van der Waals surface area (Å²) in [5.74, 6) is -0.252. The van der Waals surface area contributed by atoms with E-state index in [0.29, 0.717) is 17.1 Å². The zero-order chi connectivity index (χ0) is 20.7. The molecular formula is C18H21ClN4O3S2. The Kier molecular flexibility index (Phi) is 7.76. The molecule has 0 heterocycles. The highest BCUT2D eigenvalue weighted by Crippen LogP contribution is 2.19. The lowest BCUT2D eigenvalue weighted by atomic mass is 10.1. The Hall–Kier alpha value is -2.20. The van der Waals surface area contributed by atoms with Gasteiger partial charge in [0.05, 0.1) is 4.90 Å². The molecule has 0 saturated carbocycles. The first-order valence-corrected chi connectivity index (χ1v) is 10.6. The number of aryl methyl sites for hydroxylation is 2. The molecule has 0 bridgehead atoms. The van der Waals surface area contributed by atoms with Gasteiger partial charge < -0.3 is 5.32 Å². The number of benzene rings is 2. The van der Waals surface area contributed by atoms with Crippen LogP contribution in [-0.4, -0.2) is 26.5 Å². The minimum absolute atomic E-state index is 0.178. The number of rotatable bonds is 6. The fourth-order valence-corrected chi connectivity index (χ4v) is 3.31. The van der Waals surface area contributed by atoms with Crippen molar-refractivity contribution in [3.05, 3.63) is 58.6 Å². The number of hydrogen-bond acceptors (Lipinski definition) is 4. The van der Waals surface area contributed by atoms with Crippen LogP contribution in [0.25, 0.3) is 0 Å². The first kappa shape index (κ1) is 22.1. The molecule has 0 aliphatic heterocycles. The van der Waals surface area contributed by atoms with Crippen molar-refractivity contribution in [3.8, 4) is 0 Å². The molecule has 0 radical (unpaired) electrons. The number of thiocarbonyl (C=S) groups is 1. The minimum atomic E-state index is -3.46. The molecule has 1 amide bonds. The quantitative estimate of drug-likeness (QED) is 0.407. The summed E-state index contributed by atoms with van der Waals surface area (Å²) in [6.45, 7) is 1.90. The first-order valence-electron chi connectivity index (χ1n) is 8.36. The van der Waals surface area contributed by atoms with Gasteiger partial charge in [0.25, 0.3) is 0 Å². The monoisotopic (exact) mass is 440 g/mol. The number of nitrogens with one attached hydrogen (secondary N) is 4. The van der Waals surface area contributed by atoms with Crippen LogP contribution in [0, 0.1) is 6.92 Å². The summed E-state index contributed by atoms with van der Waals surface area (Å²) >= 11 is 11.2. The first-order chi connectivity index (χ1) is 13.2. The average molecular weight is 441 g/mol. The van der Waals surface area contributed by atoms with Crippen molar-refractivity contribution in [1.82, 2.24) is 15.6 Å². The van der Waals surface area contributed by atoms with Gasteiger partial charge in [-0.3, -0.25) is 15.6 Å². The number of sulfonamides is 1. The van der Waals surface area contributed by atoms with Gasteiger partial charge >= 0.3 is 0 Å². The number of hydrogen-bond donors (Lipinski definition) is 4. The van der Waals surface area contributed by atoms with Crippen LogP contribution in [0.5, 0.6) is 0 Å². The van der Waals surface area contributed by atoms with Crippen molar-refractivity contribution in [1.29, 1.82) is 0 Å². The summed E-state index contributed by atoms with van der Waals surface area (Å²) < 4.78 is 25.6. The Morgan fingerprint density at radius 1 is 1.11 bits per heavy atom. The Bertz CT molecular complexity index is 963. The summed E-state index contributed by atoms with van der Waals surface area (Å²) in [6, 6.07) is 11.8. The molecule has 2 aromatic rings. The van der Waals surface area contributed by atoms with E-state index in [2.05, 4.69) is 20.9 Å². The molecule has 0 unspecified atom stereocenters. The molecule has 7 nitrogen and oxygen atoms in total. The van der Waals surface area contributed by atoms with Crippen molar-refractivity contribution in [2.45, 2.75) is 24.7 Å². The minimum Gasteiger partial charge on any atom is -0.331 e. The van der Waals surface area contributed by atoms with Crippen LogP contribution < -0.4 is 20.9 Å². The van der Waals surface area contributed by atoms with Crippen molar-refractivity contribution in [2.75, 3.05) is 12.4 Å². The molecule has 0 spiro atoms. The smallest absolute Gasteiger partial charge is 0.240 e. The van der Waals surface area contributed by atoms with E-state index in [1.165, 1.54) is 19.2 Å². The van der Waals surface area contributed by atoms with Crippen LogP contribution in [0.2, 0.25) is 5.02 Å². The molecular weight excluding hydrogens is 420 g/mol. The second kappa shape index (κ2) is 9.83. The highest BCUT2D eigenvalue weighted by atomic mass is 35.5. The number of amides is 1. The summed E-state index contributed by atoms with van der Waals surface area (Å²) in [7, 11) is -2.11. The maximum atomic E-state index is 12.0. The van der Waals surface area contributed by atoms with Gasteiger partial charge in [0.15, 0.2) is 5.11 Å². The van der Waals surface area contributed by atoms with Crippen molar-refractivity contribution in [2.24, 2.45) is 0 Å². The van der Waals surface area contributed by atoms with Gasteiger partial charge in [-0.25, -0.2) is 13.1 Å². The predicted octanol–water partition coefficient (Wildman–Crippen LogP) is 2.51. The van der Waals surface area contributed by atoms with Gasteiger partial charge in [-0.05, 0) is 68.0 Å². The normalized spacial score (nSPS) is 11.0. The lowest BCUT2D eigenvalue weighted by molar-refractivity contribution is -0.121. The average Bonchev–Trinajstić information content (AvgIpc) is 2.68. The molecule has 0 aliphatic rings. The van der Waals surface area contributed by atoms with E-state index in [-0.39, 0.29) is 22.3 Å². The topological polar surface area (TPSA) is 99.3 Å². The molecule has 0 aliphatic carbocycles. The van der Waals surface area contributed by atoms with Gasteiger partial charge in [-0.1, -0.05) is 29.8 Å². The molecule has 0 aromatic heterocycles. The van der Waals surface area contributed by atoms with E-state index < -0.39 is 10.0 Å². The largest absolute Gasteiger partial charge is 0.331 e. The van der Waals surface area contributed by atoms with Crippen LogP contribution in [-0.2, 0) is 21.2 Å². The number of carbonyl (C=O) groups excluding carboxylic acids is 1. The van der Waals surface area contributed by atoms with E-state index in [0.717, 1.165) is 11.1 Å². The Balaban J connectivity index is 1.77. The van der Waals surface area contributed by atoms with Crippen LogP contribution in [0.4, 0.5) is 5.69 Å². The van der Waals surface area contributed by atoms with E-state index in [1.54, 1.807) is 18.2 Å². The molecule has 4 N–H and O–H groups in total. The fraction of sp³-hybridized carbons (Fsp3) is 0.222. The summed E-state index contributed by atoms with van der Waals surface area (Å²) in [4.78, 5) is 12.1. The molecule has 0 saturated heterocycles. The third kappa shape index (κ3) is 6.45. The number of halogens is 1. The van der Waals surface area contributed by atoms with Crippen LogP contribution >= 0.6 is 23.8 Å². The summed E-state index contributed by atoms with van der Waals surface area (Å²) in [5, 5.41) is 3.77. The predicted molar refractivity (Wildman–Crippen MR) is 115 cm³/mol. The number of carbonyl (C=O) groups is 1. The Labute approximate surface area is 174 Å². The van der Waals surface area contributed by atoms with E-state index in [4.69, 9.17) is 23.8 Å². The molecule has 0 atom stereocenters. The molecule has 150 valence electrons. The third-order valence-electron chi connectivity index (χ3n) is 3.89. The number of hydrazine groups is 1. The molecule has 28 heavy (non-hydrogen) atoms. The van der Waals surface area contributed by atoms with Crippen LogP contribution in [0.1, 0.15) is 17.5 Å². The maximum Gasteiger partial charge on any atom is 0.240 e. The lowest BCUT2D eigenvalue weighted by Gasteiger charge is -2.12. The van der Waals surface area contributed by atoms with Crippen molar-refractivity contribution in [3.63, 3.8) is 0 Å². The molecule has 2 aromatic carbocycles. The van der Waals surface area contributed by atoms with E-state index >= 15 is 0 Å².